The van der Waals surface area contributed by atoms with Crippen molar-refractivity contribution in [3.8, 4) is 5.88 Å². The lowest BCUT2D eigenvalue weighted by molar-refractivity contribution is -0.142. The van der Waals surface area contributed by atoms with Crippen LogP contribution in [-0.2, 0) is 4.79 Å². The highest BCUT2D eigenvalue weighted by Crippen LogP contribution is 2.26. The number of carbonyl (C=O) groups is 1. The predicted octanol–water partition coefficient (Wildman–Crippen LogP) is 1.96. The van der Waals surface area contributed by atoms with Gasteiger partial charge in [-0.05, 0) is 12.8 Å². The Morgan fingerprint density at radius 2 is 2.00 bits per heavy atom. The van der Waals surface area contributed by atoms with Gasteiger partial charge in [0.2, 0.25) is 5.91 Å². The van der Waals surface area contributed by atoms with Gasteiger partial charge < -0.3 is 14.5 Å². The molecule has 1 aromatic rings. The van der Waals surface area contributed by atoms with E-state index in [-0.39, 0.29) is 17.4 Å². The van der Waals surface area contributed by atoms with Crippen LogP contribution in [-0.4, -0.2) is 54.1 Å². The van der Waals surface area contributed by atoms with Gasteiger partial charge in [-0.1, -0.05) is 20.8 Å². The number of aromatic nitrogens is 2. The van der Waals surface area contributed by atoms with E-state index in [1.165, 1.54) is 0 Å². The Kier molecular flexibility index (Phi) is 4.88. The van der Waals surface area contributed by atoms with Crippen molar-refractivity contribution < 1.29 is 9.53 Å². The Morgan fingerprint density at radius 3 is 2.64 bits per heavy atom. The molecule has 1 amide bonds. The van der Waals surface area contributed by atoms with Gasteiger partial charge in [0.1, 0.15) is 6.10 Å². The van der Waals surface area contributed by atoms with Crippen molar-refractivity contribution in [3.63, 3.8) is 0 Å². The predicted molar refractivity (Wildman–Crippen MR) is 86.0 cm³/mol. The number of carbonyl (C=O) groups excluding carboxylic acids is 1. The van der Waals surface area contributed by atoms with E-state index >= 15 is 0 Å². The summed E-state index contributed by atoms with van der Waals surface area (Å²) in [6, 6.07) is 0. The lowest BCUT2D eigenvalue weighted by Gasteiger charge is -2.36. The lowest BCUT2D eigenvalue weighted by atomic mass is 9.93. The van der Waals surface area contributed by atoms with Crippen LogP contribution in [0.4, 0.5) is 5.82 Å². The highest BCUT2D eigenvalue weighted by molar-refractivity contribution is 5.81. The molecular formula is C16H26N4O2. The van der Waals surface area contributed by atoms with Gasteiger partial charge in [0.25, 0.3) is 5.88 Å². The highest BCUT2D eigenvalue weighted by atomic mass is 16.5. The number of hydrogen-bond acceptors (Lipinski definition) is 5. The summed E-state index contributed by atoms with van der Waals surface area (Å²) in [5.74, 6) is 1.41. The number of likely N-dealkylation sites (tertiary alicyclic amines) is 1. The van der Waals surface area contributed by atoms with Crippen LogP contribution in [0.5, 0.6) is 5.88 Å². The summed E-state index contributed by atoms with van der Waals surface area (Å²) in [5, 5.41) is 0. The zero-order chi connectivity index (χ0) is 16.3. The van der Waals surface area contributed by atoms with Gasteiger partial charge in [-0.3, -0.25) is 4.79 Å². The normalized spacial score (nSPS) is 19.0. The number of ether oxygens (including phenoxy) is 1. The molecular weight excluding hydrogens is 280 g/mol. The van der Waals surface area contributed by atoms with Crippen molar-refractivity contribution in [1.29, 1.82) is 0 Å². The Bertz CT molecular complexity index is 525. The molecule has 1 aliphatic heterocycles. The van der Waals surface area contributed by atoms with Crippen molar-refractivity contribution >= 4 is 11.7 Å². The van der Waals surface area contributed by atoms with Gasteiger partial charge in [0, 0.05) is 38.4 Å². The van der Waals surface area contributed by atoms with Gasteiger partial charge in [-0.25, -0.2) is 9.97 Å². The summed E-state index contributed by atoms with van der Waals surface area (Å²) < 4.78 is 6.03. The molecule has 1 fully saturated rings. The van der Waals surface area contributed by atoms with E-state index in [2.05, 4.69) is 9.97 Å². The maximum absolute atomic E-state index is 12.4. The van der Waals surface area contributed by atoms with Crippen LogP contribution in [0, 0.1) is 5.41 Å². The smallest absolute Gasteiger partial charge is 0.257 e. The first-order valence-corrected chi connectivity index (χ1v) is 7.73. The van der Waals surface area contributed by atoms with Gasteiger partial charge in [0.15, 0.2) is 5.82 Å². The number of anilines is 1. The second kappa shape index (κ2) is 6.50. The first kappa shape index (κ1) is 16.5. The fourth-order valence-corrected chi connectivity index (χ4v) is 2.56. The Labute approximate surface area is 132 Å². The van der Waals surface area contributed by atoms with Crippen molar-refractivity contribution in [2.75, 3.05) is 32.1 Å². The third kappa shape index (κ3) is 3.87. The fraction of sp³-hybridized carbons (Fsp3) is 0.688. The topological polar surface area (TPSA) is 58.6 Å². The number of nitrogens with zero attached hydrogens (tertiary/aromatic N) is 4. The van der Waals surface area contributed by atoms with Crippen LogP contribution < -0.4 is 9.64 Å². The molecule has 0 bridgehead atoms. The molecule has 1 atom stereocenters. The van der Waals surface area contributed by atoms with Crippen LogP contribution in [0.1, 0.15) is 33.6 Å². The molecule has 2 rings (SSSR count). The quantitative estimate of drug-likeness (QED) is 0.854. The van der Waals surface area contributed by atoms with Crippen LogP contribution in [0.3, 0.4) is 0 Å². The second-order valence-corrected chi connectivity index (χ2v) is 6.96. The molecule has 1 aliphatic rings. The van der Waals surface area contributed by atoms with Crippen LogP contribution in [0.25, 0.3) is 0 Å². The summed E-state index contributed by atoms with van der Waals surface area (Å²) >= 11 is 0. The molecule has 0 aliphatic carbocycles. The number of hydrogen-bond donors (Lipinski definition) is 0. The van der Waals surface area contributed by atoms with Crippen LogP contribution in [0.2, 0.25) is 0 Å². The molecule has 122 valence electrons. The van der Waals surface area contributed by atoms with Gasteiger partial charge in [-0.15, -0.1) is 0 Å². The summed E-state index contributed by atoms with van der Waals surface area (Å²) in [6.45, 7) is 7.27. The summed E-state index contributed by atoms with van der Waals surface area (Å²) in [6.07, 6.45) is 5.12. The van der Waals surface area contributed by atoms with Crippen molar-refractivity contribution in [2.24, 2.45) is 5.41 Å². The third-order valence-corrected chi connectivity index (χ3v) is 3.66. The molecule has 0 N–H and O–H groups in total. The van der Waals surface area contributed by atoms with E-state index in [0.717, 1.165) is 19.4 Å². The average Bonchev–Trinajstić information content (AvgIpc) is 2.46. The van der Waals surface area contributed by atoms with Gasteiger partial charge in [-0.2, -0.15) is 0 Å². The van der Waals surface area contributed by atoms with Crippen LogP contribution >= 0.6 is 0 Å². The molecule has 6 nitrogen and oxygen atoms in total. The molecule has 1 aromatic heterocycles. The SMILES string of the molecule is CN(C)c1nccnc1OC1CCCN(C(=O)C(C)(C)C)C1. The maximum atomic E-state index is 12.4. The lowest BCUT2D eigenvalue weighted by Crippen LogP contribution is -2.48. The second-order valence-electron chi connectivity index (χ2n) is 6.96. The average molecular weight is 306 g/mol. The molecule has 0 saturated carbocycles. The Hall–Kier alpha value is -1.85. The molecule has 22 heavy (non-hydrogen) atoms. The largest absolute Gasteiger partial charge is 0.470 e. The third-order valence-electron chi connectivity index (χ3n) is 3.66. The number of amides is 1. The molecule has 6 heteroatoms. The van der Waals surface area contributed by atoms with E-state index in [1.54, 1.807) is 12.4 Å². The van der Waals surface area contributed by atoms with Crippen molar-refractivity contribution in [1.82, 2.24) is 14.9 Å². The summed E-state index contributed by atoms with van der Waals surface area (Å²) in [5.41, 5.74) is -0.358. The Balaban J connectivity index is 2.07. The number of rotatable bonds is 3. The Morgan fingerprint density at radius 1 is 1.32 bits per heavy atom. The van der Waals surface area contributed by atoms with E-state index < -0.39 is 0 Å². The monoisotopic (exact) mass is 306 g/mol. The minimum atomic E-state index is -0.358. The zero-order valence-corrected chi connectivity index (χ0v) is 14.2. The molecule has 0 spiro atoms. The molecule has 2 heterocycles. The first-order valence-electron chi connectivity index (χ1n) is 7.73. The fourth-order valence-electron chi connectivity index (χ4n) is 2.56. The van der Waals surface area contributed by atoms with Gasteiger partial charge in [0.05, 0.1) is 6.54 Å². The van der Waals surface area contributed by atoms with Gasteiger partial charge >= 0.3 is 0 Å². The van der Waals surface area contributed by atoms with E-state index in [0.29, 0.717) is 18.2 Å². The summed E-state index contributed by atoms with van der Waals surface area (Å²) in [4.78, 5) is 24.8. The van der Waals surface area contributed by atoms with E-state index in [9.17, 15) is 4.79 Å². The molecule has 0 radical (unpaired) electrons. The minimum Gasteiger partial charge on any atom is -0.470 e. The molecule has 0 aromatic carbocycles. The maximum Gasteiger partial charge on any atom is 0.257 e. The van der Waals surface area contributed by atoms with Crippen LogP contribution in [0.15, 0.2) is 12.4 Å². The summed E-state index contributed by atoms with van der Waals surface area (Å²) in [7, 11) is 3.82. The highest BCUT2D eigenvalue weighted by Gasteiger charge is 2.32. The van der Waals surface area contributed by atoms with Crippen molar-refractivity contribution in [3.05, 3.63) is 12.4 Å². The minimum absolute atomic E-state index is 0.0320. The molecule has 1 unspecified atom stereocenters. The molecule has 1 saturated heterocycles. The first-order chi connectivity index (χ1) is 10.3. The van der Waals surface area contributed by atoms with Crippen molar-refractivity contribution in [2.45, 2.75) is 39.7 Å². The van der Waals surface area contributed by atoms with E-state index in [4.69, 9.17) is 4.74 Å². The standard InChI is InChI=1S/C16H26N4O2/c1-16(2,3)15(21)20-10-6-7-12(11-20)22-14-13(19(4)5)17-8-9-18-14/h8-9,12H,6-7,10-11H2,1-5H3. The zero-order valence-electron chi connectivity index (χ0n) is 14.2. The number of piperidine rings is 1. The van der Waals surface area contributed by atoms with E-state index in [1.807, 2.05) is 44.7 Å².